The van der Waals surface area contributed by atoms with Crippen molar-refractivity contribution in [1.29, 1.82) is 0 Å². The molecular formula is C16H27N3O. The van der Waals surface area contributed by atoms with Gasteiger partial charge in [0.15, 0.2) is 0 Å². The molecule has 0 saturated carbocycles. The Labute approximate surface area is 121 Å². The Bertz CT molecular complexity index is 431. The zero-order chi connectivity index (χ0) is 13.9. The summed E-state index contributed by atoms with van der Waals surface area (Å²) in [6.07, 6.45) is 8.92. The number of ether oxygens (including phenoxy) is 1. The van der Waals surface area contributed by atoms with Gasteiger partial charge in [0.1, 0.15) is 0 Å². The first-order valence-electron chi connectivity index (χ1n) is 8.24. The lowest BCUT2D eigenvalue weighted by molar-refractivity contribution is 0.0849. The zero-order valence-electron chi connectivity index (χ0n) is 12.7. The van der Waals surface area contributed by atoms with Crippen molar-refractivity contribution < 1.29 is 4.74 Å². The van der Waals surface area contributed by atoms with E-state index in [1.165, 1.54) is 31.4 Å². The molecule has 4 atom stereocenters. The number of aryl methyl sites for hydroxylation is 1. The van der Waals surface area contributed by atoms with Crippen molar-refractivity contribution in [2.24, 2.45) is 5.92 Å². The Morgan fingerprint density at radius 3 is 2.95 bits per heavy atom. The van der Waals surface area contributed by atoms with Gasteiger partial charge in [-0.3, -0.25) is 4.68 Å². The number of nitrogens with one attached hydrogen (secondary N) is 1. The van der Waals surface area contributed by atoms with Crippen LogP contribution in [0.3, 0.4) is 0 Å². The van der Waals surface area contributed by atoms with E-state index in [0.29, 0.717) is 24.2 Å². The monoisotopic (exact) mass is 277 g/mol. The maximum absolute atomic E-state index is 6.07. The largest absolute Gasteiger partial charge is 0.375 e. The van der Waals surface area contributed by atoms with Crippen molar-refractivity contribution in [2.45, 2.75) is 70.7 Å². The molecule has 0 aromatic carbocycles. The van der Waals surface area contributed by atoms with E-state index >= 15 is 0 Å². The van der Waals surface area contributed by atoms with Crippen molar-refractivity contribution >= 4 is 0 Å². The molecule has 3 heterocycles. The quantitative estimate of drug-likeness (QED) is 0.833. The summed E-state index contributed by atoms with van der Waals surface area (Å²) < 4.78 is 8.25. The van der Waals surface area contributed by atoms with Crippen LogP contribution in [0.2, 0.25) is 0 Å². The molecule has 4 nitrogen and oxygen atoms in total. The Hall–Kier alpha value is -0.870. The van der Waals surface area contributed by atoms with E-state index in [4.69, 9.17) is 4.74 Å². The van der Waals surface area contributed by atoms with E-state index in [2.05, 4.69) is 35.0 Å². The van der Waals surface area contributed by atoms with Crippen molar-refractivity contribution in [3.8, 4) is 0 Å². The summed E-state index contributed by atoms with van der Waals surface area (Å²) in [7, 11) is 0. The molecule has 20 heavy (non-hydrogen) atoms. The summed E-state index contributed by atoms with van der Waals surface area (Å²) in [5, 5.41) is 8.26. The van der Waals surface area contributed by atoms with Gasteiger partial charge in [0.25, 0.3) is 0 Å². The third-order valence-corrected chi connectivity index (χ3v) is 4.70. The van der Waals surface area contributed by atoms with Crippen LogP contribution in [-0.4, -0.2) is 28.5 Å². The molecule has 0 radical (unpaired) electrons. The highest BCUT2D eigenvalue weighted by molar-refractivity contribution is 5.12. The van der Waals surface area contributed by atoms with Crippen molar-refractivity contribution in [1.82, 2.24) is 15.1 Å². The normalized spacial score (nSPS) is 30.0. The first-order chi connectivity index (χ1) is 9.83. The summed E-state index contributed by atoms with van der Waals surface area (Å²) in [4.78, 5) is 0. The summed E-state index contributed by atoms with van der Waals surface area (Å²) in [5.41, 5.74) is 1.35. The summed E-state index contributed by atoms with van der Waals surface area (Å²) in [6.45, 7) is 6.51. The van der Waals surface area contributed by atoms with Gasteiger partial charge in [-0.25, -0.2) is 0 Å². The first kappa shape index (κ1) is 14.1. The minimum Gasteiger partial charge on any atom is -0.375 e. The molecule has 1 aromatic heterocycles. The lowest BCUT2D eigenvalue weighted by Gasteiger charge is -2.30. The third-order valence-electron chi connectivity index (χ3n) is 4.70. The highest BCUT2D eigenvalue weighted by Crippen LogP contribution is 2.44. The molecule has 1 N–H and O–H groups in total. The Balaban J connectivity index is 1.80. The van der Waals surface area contributed by atoms with E-state index in [1.54, 1.807) is 0 Å². The molecule has 2 bridgehead atoms. The Morgan fingerprint density at radius 2 is 2.30 bits per heavy atom. The van der Waals surface area contributed by atoms with E-state index in [9.17, 15) is 0 Å². The van der Waals surface area contributed by atoms with Crippen molar-refractivity contribution in [3.05, 3.63) is 18.0 Å². The van der Waals surface area contributed by atoms with Gasteiger partial charge in [0.05, 0.1) is 23.9 Å². The molecule has 0 spiro atoms. The zero-order valence-corrected chi connectivity index (χ0v) is 12.7. The van der Waals surface area contributed by atoms with E-state index in [0.717, 1.165) is 19.5 Å². The van der Waals surface area contributed by atoms with Gasteiger partial charge in [-0.15, -0.1) is 0 Å². The standard InChI is InChI=1S/C16H27N3O/c1-3-8-17-16(13-11-12-5-6-15(13)20-12)14-7-9-18-19(14)10-4-2/h7,9,12-13,15-17H,3-6,8,10-11H2,1-2H3. The van der Waals surface area contributed by atoms with Crippen LogP contribution in [0.5, 0.6) is 0 Å². The lowest BCUT2D eigenvalue weighted by atomic mass is 9.82. The molecule has 4 unspecified atom stereocenters. The fourth-order valence-corrected chi connectivity index (χ4v) is 3.81. The van der Waals surface area contributed by atoms with Gasteiger partial charge in [-0.1, -0.05) is 13.8 Å². The number of hydrogen-bond donors (Lipinski definition) is 1. The van der Waals surface area contributed by atoms with Crippen molar-refractivity contribution in [2.75, 3.05) is 6.54 Å². The highest BCUT2D eigenvalue weighted by atomic mass is 16.5. The van der Waals surface area contributed by atoms with Crippen LogP contribution in [0.4, 0.5) is 0 Å². The molecule has 3 rings (SSSR count). The van der Waals surface area contributed by atoms with Gasteiger partial charge in [0, 0.05) is 18.7 Å². The molecule has 112 valence electrons. The minimum atomic E-state index is 0.402. The third kappa shape index (κ3) is 2.63. The number of fused-ring (bicyclic) bond motifs is 2. The second kappa shape index (κ2) is 6.27. The number of rotatable bonds is 7. The van der Waals surface area contributed by atoms with Gasteiger partial charge in [-0.05, 0) is 44.7 Å². The highest BCUT2D eigenvalue weighted by Gasteiger charge is 2.45. The van der Waals surface area contributed by atoms with Crippen LogP contribution in [0.25, 0.3) is 0 Å². The molecule has 0 aliphatic carbocycles. The van der Waals surface area contributed by atoms with E-state index in [1.807, 2.05) is 6.20 Å². The van der Waals surface area contributed by atoms with Gasteiger partial charge in [-0.2, -0.15) is 5.10 Å². The molecule has 2 saturated heterocycles. The van der Waals surface area contributed by atoms with Gasteiger partial charge < -0.3 is 10.1 Å². The van der Waals surface area contributed by atoms with E-state index in [-0.39, 0.29) is 0 Å². The maximum atomic E-state index is 6.07. The Kier molecular flexibility index (Phi) is 4.41. The second-order valence-corrected chi connectivity index (χ2v) is 6.18. The van der Waals surface area contributed by atoms with Crippen LogP contribution in [0, 0.1) is 5.92 Å². The maximum Gasteiger partial charge on any atom is 0.0627 e. The number of hydrogen-bond acceptors (Lipinski definition) is 3. The molecule has 2 aliphatic rings. The summed E-state index contributed by atoms with van der Waals surface area (Å²) in [6, 6.07) is 2.59. The van der Waals surface area contributed by atoms with Crippen LogP contribution in [0.1, 0.15) is 57.7 Å². The molecule has 2 aliphatic heterocycles. The summed E-state index contributed by atoms with van der Waals surface area (Å²) in [5.74, 6) is 0.618. The fourth-order valence-electron chi connectivity index (χ4n) is 3.81. The fraction of sp³-hybridized carbons (Fsp3) is 0.812. The molecule has 1 aromatic rings. The molecular weight excluding hydrogens is 250 g/mol. The predicted octanol–water partition coefficient (Wildman–Crippen LogP) is 2.90. The lowest BCUT2D eigenvalue weighted by Crippen LogP contribution is -2.35. The number of nitrogens with zero attached hydrogens (tertiary/aromatic N) is 2. The van der Waals surface area contributed by atoms with Gasteiger partial charge >= 0.3 is 0 Å². The summed E-state index contributed by atoms with van der Waals surface area (Å²) >= 11 is 0. The number of aromatic nitrogens is 2. The SMILES string of the molecule is CCCNC(c1ccnn1CCC)C1CC2CCC1O2. The Morgan fingerprint density at radius 1 is 1.40 bits per heavy atom. The van der Waals surface area contributed by atoms with Gasteiger partial charge in [0.2, 0.25) is 0 Å². The van der Waals surface area contributed by atoms with Crippen LogP contribution in [-0.2, 0) is 11.3 Å². The second-order valence-electron chi connectivity index (χ2n) is 6.18. The molecule has 2 fully saturated rings. The minimum absolute atomic E-state index is 0.402. The van der Waals surface area contributed by atoms with E-state index < -0.39 is 0 Å². The predicted molar refractivity (Wildman–Crippen MR) is 79.6 cm³/mol. The molecule has 4 heteroatoms. The average molecular weight is 277 g/mol. The van der Waals surface area contributed by atoms with Crippen LogP contribution in [0.15, 0.2) is 12.3 Å². The average Bonchev–Trinajstić information content (AvgIpc) is 3.16. The molecule has 0 amide bonds. The van der Waals surface area contributed by atoms with Crippen LogP contribution < -0.4 is 5.32 Å². The topological polar surface area (TPSA) is 39.1 Å². The van der Waals surface area contributed by atoms with Crippen molar-refractivity contribution in [3.63, 3.8) is 0 Å². The van der Waals surface area contributed by atoms with Crippen LogP contribution >= 0.6 is 0 Å². The smallest absolute Gasteiger partial charge is 0.0627 e. The first-order valence-corrected chi connectivity index (χ1v) is 8.24.